The van der Waals surface area contributed by atoms with Crippen LogP contribution in [0.2, 0.25) is 0 Å². The summed E-state index contributed by atoms with van der Waals surface area (Å²) >= 11 is 0. The largest absolute Gasteiger partial charge is 0.416 e. The average molecular weight is 298 g/mol. The van der Waals surface area contributed by atoms with E-state index in [1.165, 1.54) is 0 Å². The molecule has 2 rings (SSSR count). The van der Waals surface area contributed by atoms with Gasteiger partial charge in [-0.15, -0.1) is 0 Å². The maximum atomic E-state index is 13.0. The van der Waals surface area contributed by atoms with Gasteiger partial charge in [-0.2, -0.15) is 18.3 Å². The second kappa shape index (κ2) is 6.15. The summed E-state index contributed by atoms with van der Waals surface area (Å²) in [6.45, 7) is 4.95. The van der Waals surface area contributed by atoms with Gasteiger partial charge in [0.15, 0.2) is 0 Å². The number of hydrogen-bond acceptors (Lipinski definition) is 3. The quantitative estimate of drug-likeness (QED) is 0.913. The number of nitrogens with one attached hydrogen (secondary N) is 1. The van der Waals surface area contributed by atoms with Crippen LogP contribution in [-0.2, 0) is 12.7 Å². The molecule has 0 fully saturated rings. The highest BCUT2D eigenvalue weighted by atomic mass is 19.4. The van der Waals surface area contributed by atoms with Crippen molar-refractivity contribution in [1.29, 1.82) is 0 Å². The number of nitrogens with zero attached hydrogens (tertiary/aromatic N) is 3. The third-order valence-corrected chi connectivity index (χ3v) is 2.99. The van der Waals surface area contributed by atoms with Crippen molar-refractivity contribution in [3.05, 3.63) is 30.0 Å². The summed E-state index contributed by atoms with van der Waals surface area (Å²) in [7, 11) is 0. The van der Waals surface area contributed by atoms with Crippen molar-refractivity contribution in [1.82, 2.24) is 14.8 Å². The van der Waals surface area contributed by atoms with Gasteiger partial charge < -0.3 is 5.32 Å². The minimum absolute atomic E-state index is 0.227. The van der Waals surface area contributed by atoms with E-state index in [0.717, 1.165) is 18.6 Å². The molecule has 0 saturated carbocycles. The monoisotopic (exact) mass is 298 g/mol. The fourth-order valence-electron chi connectivity index (χ4n) is 1.97. The highest BCUT2D eigenvalue weighted by Crippen LogP contribution is 2.33. The molecule has 0 amide bonds. The first-order chi connectivity index (χ1) is 9.95. The zero-order valence-corrected chi connectivity index (χ0v) is 11.9. The summed E-state index contributed by atoms with van der Waals surface area (Å²) in [5.41, 5.74) is 0.126. The van der Waals surface area contributed by atoms with Crippen LogP contribution in [0.1, 0.15) is 25.8 Å². The lowest BCUT2D eigenvalue weighted by molar-refractivity contribution is -0.137. The Morgan fingerprint density at radius 2 is 2.00 bits per heavy atom. The molecule has 0 bridgehead atoms. The van der Waals surface area contributed by atoms with Gasteiger partial charge >= 0.3 is 6.18 Å². The molecule has 0 saturated heterocycles. The predicted molar refractivity (Wildman–Crippen MR) is 74.9 cm³/mol. The zero-order valence-electron chi connectivity index (χ0n) is 11.9. The molecule has 2 aromatic heterocycles. The molecule has 7 heteroatoms. The van der Waals surface area contributed by atoms with Gasteiger partial charge in [-0.3, -0.25) is 4.68 Å². The molecule has 2 heterocycles. The Hall–Kier alpha value is -2.05. The molecule has 114 valence electrons. The van der Waals surface area contributed by atoms with Crippen LogP contribution in [0.15, 0.2) is 24.4 Å². The Balaban J connectivity index is 2.49. The number of anilines is 1. The Kier molecular flexibility index (Phi) is 4.50. The first-order valence-corrected chi connectivity index (χ1v) is 6.81. The zero-order chi connectivity index (χ0) is 15.5. The maximum Gasteiger partial charge on any atom is 0.416 e. The lowest BCUT2D eigenvalue weighted by Gasteiger charge is -2.13. The number of aromatic nitrogens is 3. The summed E-state index contributed by atoms with van der Waals surface area (Å²) in [6, 6.07) is 3.75. The van der Waals surface area contributed by atoms with Crippen LogP contribution in [0.4, 0.5) is 19.0 Å². The minimum atomic E-state index is -4.41. The van der Waals surface area contributed by atoms with Gasteiger partial charge in [0.2, 0.25) is 0 Å². The predicted octanol–water partition coefficient (Wildman–Crippen LogP) is 3.81. The molecule has 0 unspecified atom stereocenters. The van der Waals surface area contributed by atoms with Gasteiger partial charge in [0.25, 0.3) is 0 Å². The summed E-state index contributed by atoms with van der Waals surface area (Å²) in [4.78, 5) is 4.26. The van der Waals surface area contributed by atoms with Crippen LogP contribution in [0, 0.1) is 0 Å². The Labute approximate surface area is 121 Å². The molecule has 0 radical (unpaired) electrons. The lowest BCUT2D eigenvalue weighted by atomic mass is 10.1. The number of pyridine rings is 1. The Bertz CT molecular complexity index is 605. The highest BCUT2D eigenvalue weighted by Gasteiger charge is 2.32. The number of rotatable bonds is 5. The molecule has 1 N–H and O–H groups in total. The summed E-state index contributed by atoms with van der Waals surface area (Å²) < 4.78 is 40.7. The van der Waals surface area contributed by atoms with E-state index in [1.807, 2.05) is 13.8 Å². The van der Waals surface area contributed by atoms with E-state index < -0.39 is 11.7 Å². The Morgan fingerprint density at radius 3 is 2.62 bits per heavy atom. The molecule has 0 aliphatic heterocycles. The molecular weight excluding hydrogens is 281 g/mol. The molecule has 0 aliphatic rings. The van der Waals surface area contributed by atoms with Crippen LogP contribution in [0.3, 0.4) is 0 Å². The third kappa shape index (κ3) is 3.53. The molecule has 2 aromatic rings. The summed E-state index contributed by atoms with van der Waals surface area (Å²) in [5, 5.41) is 6.98. The molecule has 21 heavy (non-hydrogen) atoms. The lowest BCUT2D eigenvalue weighted by Crippen LogP contribution is -2.10. The van der Waals surface area contributed by atoms with Crippen molar-refractivity contribution in [3.8, 4) is 11.4 Å². The van der Waals surface area contributed by atoms with Gasteiger partial charge in [0.1, 0.15) is 5.82 Å². The van der Waals surface area contributed by atoms with E-state index >= 15 is 0 Å². The van der Waals surface area contributed by atoms with Crippen molar-refractivity contribution < 1.29 is 13.2 Å². The van der Waals surface area contributed by atoms with E-state index in [1.54, 1.807) is 16.9 Å². The van der Waals surface area contributed by atoms with Gasteiger partial charge in [0.05, 0.1) is 17.0 Å². The van der Waals surface area contributed by atoms with Crippen LogP contribution >= 0.6 is 0 Å². The van der Waals surface area contributed by atoms with Crippen molar-refractivity contribution in [2.45, 2.75) is 33.0 Å². The van der Waals surface area contributed by atoms with Crippen molar-refractivity contribution >= 4 is 5.82 Å². The van der Waals surface area contributed by atoms with E-state index in [-0.39, 0.29) is 11.5 Å². The van der Waals surface area contributed by atoms with Crippen LogP contribution < -0.4 is 5.32 Å². The molecule has 0 spiro atoms. The first-order valence-electron chi connectivity index (χ1n) is 6.81. The number of aryl methyl sites for hydroxylation is 1. The van der Waals surface area contributed by atoms with Gasteiger partial charge in [-0.25, -0.2) is 4.98 Å². The van der Waals surface area contributed by atoms with Crippen LogP contribution in [0.5, 0.6) is 0 Å². The van der Waals surface area contributed by atoms with Gasteiger partial charge in [-0.1, -0.05) is 6.92 Å². The highest BCUT2D eigenvalue weighted by molar-refractivity contribution is 5.59. The van der Waals surface area contributed by atoms with Gasteiger partial charge in [-0.05, 0) is 31.5 Å². The normalized spacial score (nSPS) is 11.7. The molecule has 0 atom stereocenters. The van der Waals surface area contributed by atoms with E-state index in [2.05, 4.69) is 15.4 Å². The third-order valence-electron chi connectivity index (χ3n) is 2.99. The van der Waals surface area contributed by atoms with Crippen molar-refractivity contribution in [2.24, 2.45) is 0 Å². The Morgan fingerprint density at radius 1 is 1.24 bits per heavy atom. The summed E-state index contributed by atoms with van der Waals surface area (Å²) in [5.74, 6) is 0.227. The summed E-state index contributed by atoms with van der Waals surface area (Å²) in [6.07, 6.45) is -2.04. The fourth-order valence-corrected chi connectivity index (χ4v) is 1.97. The maximum absolute atomic E-state index is 13.0. The number of halogens is 3. The molecule has 4 nitrogen and oxygen atoms in total. The average Bonchev–Trinajstić information content (AvgIpc) is 2.92. The van der Waals surface area contributed by atoms with Crippen LogP contribution in [0.25, 0.3) is 11.4 Å². The smallest absolute Gasteiger partial charge is 0.370 e. The second-order valence-electron chi connectivity index (χ2n) is 4.58. The molecule has 0 aliphatic carbocycles. The molecule has 0 aromatic carbocycles. The van der Waals surface area contributed by atoms with Crippen molar-refractivity contribution in [2.75, 3.05) is 11.9 Å². The van der Waals surface area contributed by atoms with Crippen LogP contribution in [-0.4, -0.2) is 21.3 Å². The number of alkyl halides is 3. The van der Waals surface area contributed by atoms with Gasteiger partial charge in [0, 0.05) is 19.3 Å². The topological polar surface area (TPSA) is 42.7 Å². The SMILES string of the molecule is CCCNc1cc(C(F)(F)F)cc(-c2ccnn2CC)n1. The fraction of sp³-hybridized carbons (Fsp3) is 0.429. The standard InChI is InChI=1S/C14H17F3N4/c1-3-6-18-13-9-10(14(15,16)17)8-11(20-13)12-5-7-19-21(12)4-2/h5,7-9H,3-4,6H2,1-2H3,(H,18,20). The van der Waals surface area contributed by atoms with E-state index in [4.69, 9.17) is 0 Å². The van der Waals surface area contributed by atoms with Crippen molar-refractivity contribution in [3.63, 3.8) is 0 Å². The van der Waals surface area contributed by atoms with E-state index in [0.29, 0.717) is 18.8 Å². The number of hydrogen-bond donors (Lipinski definition) is 1. The first kappa shape index (κ1) is 15.3. The second-order valence-corrected chi connectivity index (χ2v) is 4.58. The minimum Gasteiger partial charge on any atom is -0.370 e. The molecular formula is C14H17F3N4. The van der Waals surface area contributed by atoms with E-state index in [9.17, 15) is 13.2 Å².